The Kier molecular flexibility index (Phi) is 8.51. The van der Waals surface area contributed by atoms with E-state index in [1.165, 1.54) is 24.3 Å². The molecule has 0 unspecified atom stereocenters. The van der Waals surface area contributed by atoms with Crippen LogP contribution in [0.3, 0.4) is 0 Å². The second-order valence-corrected chi connectivity index (χ2v) is 10.6. The van der Waals surface area contributed by atoms with Crippen LogP contribution in [0.2, 0.25) is 0 Å². The van der Waals surface area contributed by atoms with Gasteiger partial charge in [-0.15, -0.1) is 0 Å². The van der Waals surface area contributed by atoms with Crippen molar-refractivity contribution in [3.63, 3.8) is 0 Å². The van der Waals surface area contributed by atoms with Crippen LogP contribution in [0.1, 0.15) is 61.6 Å². The van der Waals surface area contributed by atoms with Gasteiger partial charge in [0.05, 0.1) is 6.04 Å². The van der Waals surface area contributed by atoms with E-state index in [1.54, 1.807) is 4.90 Å². The minimum absolute atomic E-state index is 0.0528. The van der Waals surface area contributed by atoms with E-state index in [2.05, 4.69) is 5.32 Å². The number of anilines is 2. The number of nitrogens with one attached hydrogen (secondary N) is 1. The van der Waals surface area contributed by atoms with Crippen molar-refractivity contribution in [2.24, 2.45) is 5.41 Å². The molecule has 0 saturated heterocycles. The Hall–Kier alpha value is -3.67. The van der Waals surface area contributed by atoms with Crippen LogP contribution in [0.4, 0.5) is 15.8 Å². The van der Waals surface area contributed by atoms with E-state index in [0.717, 1.165) is 16.8 Å². The van der Waals surface area contributed by atoms with Crippen LogP contribution in [-0.4, -0.2) is 30.8 Å². The largest absolute Gasteiger partial charge is 0.377 e. The summed E-state index contributed by atoms with van der Waals surface area (Å²) in [5.74, 6) is -0.635. The molecule has 0 radical (unpaired) electrons. The standard InChI is InChI=1S/C30H36FN3O2/c1-21(22-10-8-7-9-11-22)34(29(36)23-12-14-25(31)15-13-23)20-24-18-26(16-17-27(24)33(5)6)32-28(35)19-30(2,3)4/h7-18,21H,19-20H2,1-6H3,(H,32,35)/t21-/m1/s1. The molecule has 3 rings (SSSR count). The van der Waals surface area contributed by atoms with E-state index < -0.39 is 0 Å². The van der Waals surface area contributed by atoms with Gasteiger partial charge in [-0.2, -0.15) is 0 Å². The smallest absolute Gasteiger partial charge is 0.254 e. The maximum Gasteiger partial charge on any atom is 0.254 e. The summed E-state index contributed by atoms with van der Waals surface area (Å²) < 4.78 is 13.5. The Morgan fingerprint density at radius 1 is 0.944 bits per heavy atom. The second kappa shape index (κ2) is 11.4. The molecule has 1 atom stereocenters. The number of carbonyl (C=O) groups is 2. The summed E-state index contributed by atoms with van der Waals surface area (Å²) in [4.78, 5) is 30.0. The fourth-order valence-corrected chi connectivity index (χ4v) is 4.15. The zero-order chi connectivity index (χ0) is 26.5. The average molecular weight is 490 g/mol. The molecule has 36 heavy (non-hydrogen) atoms. The van der Waals surface area contributed by atoms with Gasteiger partial charge in [-0.05, 0) is 65.9 Å². The molecular formula is C30H36FN3O2. The molecule has 0 aromatic heterocycles. The van der Waals surface area contributed by atoms with Gasteiger partial charge in [-0.3, -0.25) is 9.59 Å². The minimum Gasteiger partial charge on any atom is -0.377 e. The van der Waals surface area contributed by atoms with Crippen molar-refractivity contribution in [3.05, 3.63) is 95.3 Å². The van der Waals surface area contributed by atoms with Crippen molar-refractivity contribution in [2.45, 2.75) is 46.7 Å². The number of hydrogen-bond acceptors (Lipinski definition) is 3. The molecule has 0 saturated carbocycles. The SMILES string of the molecule is C[C@H](c1ccccc1)N(Cc1cc(NC(=O)CC(C)(C)C)ccc1N(C)C)C(=O)c1ccc(F)cc1. The molecule has 0 heterocycles. The minimum atomic E-state index is -0.386. The molecule has 190 valence electrons. The number of carbonyl (C=O) groups excluding carboxylic acids is 2. The topological polar surface area (TPSA) is 52.7 Å². The molecule has 6 heteroatoms. The molecule has 2 amide bonds. The molecule has 0 aliphatic heterocycles. The maximum atomic E-state index is 13.7. The van der Waals surface area contributed by atoms with Crippen LogP contribution < -0.4 is 10.2 Å². The molecular weight excluding hydrogens is 453 g/mol. The van der Waals surface area contributed by atoms with E-state index in [0.29, 0.717) is 24.2 Å². The zero-order valence-corrected chi connectivity index (χ0v) is 22.0. The fraction of sp³-hybridized carbons (Fsp3) is 0.333. The third kappa shape index (κ3) is 7.17. The van der Waals surface area contributed by atoms with Gasteiger partial charge in [-0.25, -0.2) is 4.39 Å². The third-order valence-corrected chi connectivity index (χ3v) is 5.98. The summed E-state index contributed by atoms with van der Waals surface area (Å²) in [7, 11) is 3.90. The van der Waals surface area contributed by atoms with Gasteiger partial charge < -0.3 is 15.1 Å². The van der Waals surface area contributed by atoms with E-state index in [-0.39, 0.29) is 29.1 Å². The van der Waals surface area contributed by atoms with Gasteiger partial charge in [0.1, 0.15) is 5.82 Å². The van der Waals surface area contributed by atoms with Crippen LogP contribution >= 0.6 is 0 Å². The predicted molar refractivity (Wildman–Crippen MR) is 145 cm³/mol. The first-order valence-electron chi connectivity index (χ1n) is 12.2. The fourth-order valence-electron chi connectivity index (χ4n) is 4.15. The van der Waals surface area contributed by atoms with Gasteiger partial charge in [0.2, 0.25) is 5.91 Å². The van der Waals surface area contributed by atoms with Crippen molar-refractivity contribution >= 4 is 23.2 Å². The number of rotatable bonds is 8. The highest BCUT2D eigenvalue weighted by molar-refractivity contribution is 5.95. The Bertz CT molecular complexity index is 1190. The van der Waals surface area contributed by atoms with Crippen molar-refractivity contribution < 1.29 is 14.0 Å². The summed E-state index contributed by atoms with van der Waals surface area (Å²) in [6, 6.07) is 21.0. The van der Waals surface area contributed by atoms with Gasteiger partial charge in [0.25, 0.3) is 5.91 Å². The summed E-state index contributed by atoms with van der Waals surface area (Å²) in [5, 5.41) is 3.00. The lowest BCUT2D eigenvalue weighted by molar-refractivity contribution is -0.117. The van der Waals surface area contributed by atoms with Gasteiger partial charge in [-0.1, -0.05) is 51.1 Å². The average Bonchev–Trinajstić information content (AvgIpc) is 2.81. The molecule has 1 N–H and O–H groups in total. The van der Waals surface area contributed by atoms with E-state index in [9.17, 15) is 14.0 Å². The molecule has 5 nitrogen and oxygen atoms in total. The molecule has 3 aromatic carbocycles. The highest BCUT2D eigenvalue weighted by Gasteiger charge is 2.25. The van der Waals surface area contributed by atoms with Crippen LogP contribution in [0, 0.1) is 11.2 Å². The Morgan fingerprint density at radius 3 is 2.17 bits per heavy atom. The van der Waals surface area contributed by atoms with Crippen molar-refractivity contribution in [1.29, 1.82) is 0 Å². The summed E-state index contributed by atoms with van der Waals surface area (Å²) >= 11 is 0. The lowest BCUT2D eigenvalue weighted by Crippen LogP contribution is -2.34. The molecule has 0 fully saturated rings. The summed E-state index contributed by atoms with van der Waals surface area (Å²) in [5.41, 5.74) is 3.81. The Labute approximate surface area is 213 Å². The third-order valence-electron chi connectivity index (χ3n) is 5.98. The van der Waals surface area contributed by atoms with Gasteiger partial charge in [0.15, 0.2) is 0 Å². The molecule has 0 bridgehead atoms. The first-order chi connectivity index (χ1) is 16.9. The number of amides is 2. The van der Waals surface area contributed by atoms with Gasteiger partial charge in [0, 0.05) is 44.0 Å². The first kappa shape index (κ1) is 26.9. The van der Waals surface area contributed by atoms with Crippen molar-refractivity contribution in [1.82, 2.24) is 4.90 Å². The normalized spacial score (nSPS) is 12.1. The molecule has 0 aliphatic carbocycles. The van der Waals surface area contributed by atoms with Gasteiger partial charge >= 0.3 is 0 Å². The Balaban J connectivity index is 1.99. The van der Waals surface area contributed by atoms with E-state index >= 15 is 0 Å². The molecule has 3 aromatic rings. The maximum absolute atomic E-state index is 13.7. The van der Waals surface area contributed by atoms with Crippen LogP contribution in [-0.2, 0) is 11.3 Å². The van der Waals surface area contributed by atoms with Crippen LogP contribution in [0.15, 0.2) is 72.8 Å². The van der Waals surface area contributed by atoms with Crippen LogP contribution in [0.25, 0.3) is 0 Å². The predicted octanol–water partition coefficient (Wildman–Crippen LogP) is 6.67. The summed E-state index contributed by atoms with van der Waals surface area (Å²) in [6.45, 7) is 8.37. The van der Waals surface area contributed by atoms with Crippen molar-refractivity contribution in [2.75, 3.05) is 24.3 Å². The highest BCUT2D eigenvalue weighted by Crippen LogP contribution is 2.30. The second-order valence-electron chi connectivity index (χ2n) is 10.6. The van der Waals surface area contributed by atoms with Crippen molar-refractivity contribution in [3.8, 4) is 0 Å². The monoisotopic (exact) mass is 489 g/mol. The first-order valence-corrected chi connectivity index (χ1v) is 12.2. The zero-order valence-electron chi connectivity index (χ0n) is 22.0. The molecule has 0 spiro atoms. The number of benzene rings is 3. The van der Waals surface area contributed by atoms with E-state index in [1.807, 2.05) is 95.2 Å². The molecule has 0 aliphatic rings. The summed E-state index contributed by atoms with van der Waals surface area (Å²) in [6.07, 6.45) is 0.401. The highest BCUT2D eigenvalue weighted by atomic mass is 19.1. The van der Waals surface area contributed by atoms with Crippen LogP contribution in [0.5, 0.6) is 0 Å². The lowest BCUT2D eigenvalue weighted by atomic mass is 9.92. The number of hydrogen-bond donors (Lipinski definition) is 1. The van der Waals surface area contributed by atoms with E-state index in [4.69, 9.17) is 0 Å². The number of halogens is 1. The quantitative estimate of drug-likeness (QED) is 0.384. The number of nitrogens with zero attached hydrogens (tertiary/aromatic N) is 2. The Morgan fingerprint density at radius 2 is 1.58 bits per heavy atom. The lowest BCUT2D eigenvalue weighted by Gasteiger charge is -2.32.